The number of carbonyl (C=O) groups excluding carboxylic acids is 1. The summed E-state index contributed by atoms with van der Waals surface area (Å²) >= 11 is 0. The molecule has 0 unspecified atom stereocenters. The molecule has 0 aliphatic carbocycles. The van der Waals surface area contributed by atoms with Gasteiger partial charge in [-0.2, -0.15) is 0 Å². The largest absolute Gasteiger partial charge is 0.294 e. The normalized spacial score (nSPS) is 10.6. The molecule has 0 atom stereocenters. The first-order chi connectivity index (χ1) is 8.13. The summed E-state index contributed by atoms with van der Waals surface area (Å²) in [6, 6.07) is 6.83. The van der Waals surface area contributed by atoms with E-state index in [0.29, 0.717) is 17.5 Å². The number of nitrogens with zero attached hydrogens (tertiary/aromatic N) is 1. The Labute approximate surface area is 100 Å². The van der Waals surface area contributed by atoms with Crippen LogP contribution in [-0.2, 0) is 0 Å². The highest BCUT2D eigenvalue weighted by Gasteiger charge is 2.04. The van der Waals surface area contributed by atoms with Crippen LogP contribution < -0.4 is 0 Å². The zero-order valence-corrected chi connectivity index (χ0v) is 9.76. The van der Waals surface area contributed by atoms with Gasteiger partial charge in [0.15, 0.2) is 5.78 Å². The molecular formula is C13H15NO3. The molecule has 0 aromatic heterocycles. The summed E-state index contributed by atoms with van der Waals surface area (Å²) in [6.07, 6.45) is 4.73. The Bertz CT molecular complexity index is 421. The smallest absolute Gasteiger partial charge is 0.235 e. The monoisotopic (exact) mass is 233 g/mol. The minimum absolute atomic E-state index is 0.122. The van der Waals surface area contributed by atoms with Crippen LogP contribution in [0.15, 0.2) is 30.5 Å². The van der Waals surface area contributed by atoms with E-state index in [2.05, 4.69) is 0 Å². The van der Waals surface area contributed by atoms with Crippen molar-refractivity contribution >= 4 is 11.9 Å². The molecule has 0 bridgehead atoms. The third kappa shape index (κ3) is 4.59. The predicted molar refractivity (Wildman–Crippen MR) is 66.3 cm³/mol. The van der Waals surface area contributed by atoms with Gasteiger partial charge in [-0.25, -0.2) is 0 Å². The van der Waals surface area contributed by atoms with Crippen molar-refractivity contribution in [1.82, 2.24) is 0 Å². The van der Waals surface area contributed by atoms with Gasteiger partial charge in [-0.05, 0) is 12.0 Å². The topological polar surface area (TPSA) is 60.2 Å². The standard InChI is InChI=1S/C13H15NO3/c1-2-3-4-13(15)12-7-5-11(6-8-12)9-10-14(16)17/h5-10H,2-4H2,1H3/b10-9+. The average molecular weight is 233 g/mol. The van der Waals surface area contributed by atoms with Gasteiger partial charge in [0.2, 0.25) is 6.20 Å². The highest BCUT2D eigenvalue weighted by molar-refractivity contribution is 5.96. The Balaban J connectivity index is 2.67. The summed E-state index contributed by atoms with van der Waals surface area (Å²) in [4.78, 5) is 21.3. The summed E-state index contributed by atoms with van der Waals surface area (Å²) in [5.41, 5.74) is 1.38. The van der Waals surface area contributed by atoms with Crippen molar-refractivity contribution in [3.63, 3.8) is 0 Å². The van der Waals surface area contributed by atoms with Crippen LogP contribution in [0.1, 0.15) is 42.1 Å². The molecule has 0 spiro atoms. The van der Waals surface area contributed by atoms with Crippen molar-refractivity contribution in [2.45, 2.75) is 26.2 Å². The number of unbranched alkanes of at least 4 members (excludes halogenated alkanes) is 1. The molecule has 0 aliphatic heterocycles. The van der Waals surface area contributed by atoms with Gasteiger partial charge in [0.1, 0.15) is 0 Å². The maximum Gasteiger partial charge on any atom is 0.235 e. The van der Waals surface area contributed by atoms with Crippen LogP contribution in [0.2, 0.25) is 0 Å². The van der Waals surface area contributed by atoms with E-state index in [1.807, 2.05) is 6.92 Å². The van der Waals surface area contributed by atoms with Gasteiger partial charge < -0.3 is 0 Å². The first-order valence-corrected chi connectivity index (χ1v) is 5.58. The lowest BCUT2D eigenvalue weighted by Gasteiger charge is -2.00. The van der Waals surface area contributed by atoms with Crippen molar-refractivity contribution in [3.05, 3.63) is 51.7 Å². The van der Waals surface area contributed by atoms with Crippen molar-refractivity contribution < 1.29 is 9.72 Å². The van der Waals surface area contributed by atoms with Crippen LogP contribution in [-0.4, -0.2) is 10.7 Å². The maximum absolute atomic E-state index is 11.7. The van der Waals surface area contributed by atoms with Gasteiger partial charge in [0.05, 0.1) is 4.92 Å². The van der Waals surface area contributed by atoms with Crippen LogP contribution in [0.25, 0.3) is 6.08 Å². The molecule has 0 fully saturated rings. The van der Waals surface area contributed by atoms with Gasteiger partial charge in [0.25, 0.3) is 0 Å². The first-order valence-electron chi connectivity index (χ1n) is 5.58. The van der Waals surface area contributed by atoms with Crippen LogP contribution in [0.3, 0.4) is 0 Å². The molecule has 0 radical (unpaired) electrons. The molecule has 0 amide bonds. The molecule has 0 saturated carbocycles. The molecular weight excluding hydrogens is 218 g/mol. The Morgan fingerprint density at radius 3 is 2.53 bits per heavy atom. The molecule has 1 aromatic carbocycles. The second-order valence-corrected chi connectivity index (χ2v) is 3.75. The summed E-state index contributed by atoms with van der Waals surface area (Å²) < 4.78 is 0. The summed E-state index contributed by atoms with van der Waals surface area (Å²) in [5, 5.41) is 10.1. The fourth-order valence-corrected chi connectivity index (χ4v) is 1.41. The van der Waals surface area contributed by atoms with Gasteiger partial charge in [-0.15, -0.1) is 0 Å². The zero-order chi connectivity index (χ0) is 12.7. The average Bonchev–Trinajstić information content (AvgIpc) is 2.34. The lowest BCUT2D eigenvalue weighted by molar-refractivity contribution is -0.400. The second-order valence-electron chi connectivity index (χ2n) is 3.75. The van der Waals surface area contributed by atoms with E-state index in [1.165, 1.54) is 6.08 Å². The number of Topliss-reactive ketones (excluding diaryl/α,β-unsaturated/α-hetero) is 1. The maximum atomic E-state index is 11.7. The van der Waals surface area contributed by atoms with Crippen molar-refractivity contribution in [2.75, 3.05) is 0 Å². The first kappa shape index (κ1) is 13.1. The lowest BCUT2D eigenvalue weighted by atomic mass is 10.0. The molecule has 0 aliphatic rings. The van der Waals surface area contributed by atoms with Gasteiger partial charge in [-0.3, -0.25) is 14.9 Å². The van der Waals surface area contributed by atoms with E-state index >= 15 is 0 Å². The SMILES string of the molecule is CCCCC(=O)c1ccc(/C=C/[N+](=O)[O-])cc1. The quantitative estimate of drug-likeness (QED) is 0.430. The zero-order valence-electron chi connectivity index (χ0n) is 9.76. The molecule has 1 rings (SSSR count). The number of rotatable bonds is 6. The molecule has 90 valence electrons. The van der Waals surface area contributed by atoms with Crippen LogP contribution in [0.4, 0.5) is 0 Å². The number of carbonyl (C=O) groups is 1. The van der Waals surface area contributed by atoms with E-state index in [9.17, 15) is 14.9 Å². The number of nitro groups is 1. The van der Waals surface area contributed by atoms with E-state index in [-0.39, 0.29) is 5.78 Å². The van der Waals surface area contributed by atoms with Crippen LogP contribution >= 0.6 is 0 Å². The predicted octanol–water partition coefficient (Wildman–Crippen LogP) is 3.31. The Kier molecular flexibility index (Phi) is 5.07. The third-order valence-electron chi connectivity index (χ3n) is 2.38. The lowest BCUT2D eigenvalue weighted by Crippen LogP contribution is -1.98. The molecule has 17 heavy (non-hydrogen) atoms. The molecule has 0 saturated heterocycles. The minimum Gasteiger partial charge on any atom is -0.294 e. The summed E-state index contributed by atoms with van der Waals surface area (Å²) in [7, 11) is 0. The number of benzene rings is 1. The highest BCUT2D eigenvalue weighted by Crippen LogP contribution is 2.10. The molecule has 4 heteroatoms. The molecule has 1 aromatic rings. The van der Waals surface area contributed by atoms with Crippen LogP contribution in [0.5, 0.6) is 0 Å². The number of hydrogen-bond acceptors (Lipinski definition) is 3. The third-order valence-corrected chi connectivity index (χ3v) is 2.38. The summed E-state index contributed by atoms with van der Waals surface area (Å²) in [6.45, 7) is 2.04. The fourth-order valence-electron chi connectivity index (χ4n) is 1.41. The van der Waals surface area contributed by atoms with E-state index < -0.39 is 4.92 Å². The molecule has 0 heterocycles. The van der Waals surface area contributed by atoms with E-state index in [0.717, 1.165) is 19.0 Å². The van der Waals surface area contributed by atoms with Gasteiger partial charge in [-0.1, -0.05) is 37.6 Å². The summed E-state index contributed by atoms with van der Waals surface area (Å²) in [5.74, 6) is 0.122. The van der Waals surface area contributed by atoms with Gasteiger partial charge in [0, 0.05) is 18.1 Å². The fraction of sp³-hybridized carbons (Fsp3) is 0.308. The van der Waals surface area contributed by atoms with Crippen molar-refractivity contribution in [1.29, 1.82) is 0 Å². The number of hydrogen-bond donors (Lipinski definition) is 0. The number of ketones is 1. The Morgan fingerprint density at radius 2 is 2.00 bits per heavy atom. The second kappa shape index (κ2) is 6.58. The Morgan fingerprint density at radius 1 is 1.35 bits per heavy atom. The van der Waals surface area contributed by atoms with E-state index in [1.54, 1.807) is 24.3 Å². The van der Waals surface area contributed by atoms with Gasteiger partial charge >= 0.3 is 0 Å². The van der Waals surface area contributed by atoms with Crippen molar-refractivity contribution in [2.24, 2.45) is 0 Å². The van der Waals surface area contributed by atoms with E-state index in [4.69, 9.17) is 0 Å². The van der Waals surface area contributed by atoms with Crippen LogP contribution in [0, 0.1) is 10.1 Å². The minimum atomic E-state index is -0.514. The highest BCUT2D eigenvalue weighted by atomic mass is 16.6. The molecule has 4 nitrogen and oxygen atoms in total. The van der Waals surface area contributed by atoms with Crippen molar-refractivity contribution in [3.8, 4) is 0 Å². The molecule has 0 N–H and O–H groups in total. The Hall–Kier alpha value is -1.97.